The SMILES string of the molecule is COC[C@H]1Cn2cc(-c3nc(Nc4ccnn4C)ncc3C)nc2C(=O)N1Cc1cccc(C(F)F)n1. The lowest BCUT2D eigenvalue weighted by atomic mass is 10.1. The molecule has 1 aliphatic heterocycles. The van der Waals surface area contributed by atoms with Crippen molar-refractivity contribution in [3.63, 3.8) is 0 Å². The Bertz CT molecular complexity index is 1440. The van der Waals surface area contributed by atoms with Crippen LogP contribution in [-0.4, -0.2) is 64.8 Å². The van der Waals surface area contributed by atoms with Gasteiger partial charge in [0.1, 0.15) is 17.2 Å². The summed E-state index contributed by atoms with van der Waals surface area (Å²) in [6.07, 6.45) is 2.43. The number of aromatic nitrogens is 7. The predicted octanol–water partition coefficient (Wildman–Crippen LogP) is 3.13. The van der Waals surface area contributed by atoms with Gasteiger partial charge in [0.2, 0.25) is 5.95 Å². The van der Waals surface area contributed by atoms with Crippen molar-refractivity contribution in [1.82, 2.24) is 39.2 Å². The smallest absolute Gasteiger partial charge is 0.290 e. The van der Waals surface area contributed by atoms with Crippen molar-refractivity contribution in [3.8, 4) is 11.4 Å². The monoisotopic (exact) mass is 509 g/mol. The second kappa shape index (κ2) is 10.0. The van der Waals surface area contributed by atoms with Crippen LogP contribution in [0.25, 0.3) is 11.4 Å². The molecule has 5 rings (SSSR count). The molecule has 1 N–H and O–H groups in total. The molecule has 0 aromatic carbocycles. The van der Waals surface area contributed by atoms with E-state index in [1.54, 1.807) is 59.0 Å². The van der Waals surface area contributed by atoms with Crippen LogP contribution in [0.15, 0.2) is 42.9 Å². The van der Waals surface area contributed by atoms with E-state index in [0.29, 0.717) is 29.6 Å². The number of methoxy groups -OCH3 is 1. The predicted molar refractivity (Wildman–Crippen MR) is 129 cm³/mol. The molecule has 4 aromatic rings. The largest absolute Gasteiger partial charge is 0.382 e. The van der Waals surface area contributed by atoms with Crippen molar-refractivity contribution < 1.29 is 18.3 Å². The molecular weight excluding hydrogens is 484 g/mol. The molecule has 13 heteroatoms. The third-order valence-corrected chi connectivity index (χ3v) is 6.10. The Labute approximate surface area is 211 Å². The number of nitrogens with one attached hydrogen (secondary N) is 1. The summed E-state index contributed by atoms with van der Waals surface area (Å²) in [5.74, 6) is 0.970. The number of pyridine rings is 1. The second-order valence-corrected chi connectivity index (χ2v) is 8.69. The topological polar surface area (TPSA) is 116 Å². The number of anilines is 2. The maximum absolute atomic E-state index is 13.5. The fraction of sp³-hybridized carbons (Fsp3) is 0.333. The number of alkyl halides is 2. The lowest BCUT2D eigenvalue weighted by Crippen LogP contribution is -2.49. The normalized spacial score (nSPS) is 15.4. The number of fused-ring (bicyclic) bond motifs is 1. The summed E-state index contributed by atoms with van der Waals surface area (Å²) in [6, 6.07) is 5.86. The van der Waals surface area contributed by atoms with Crippen molar-refractivity contribution >= 4 is 17.7 Å². The van der Waals surface area contributed by atoms with Crippen molar-refractivity contribution in [2.75, 3.05) is 19.0 Å². The number of amides is 1. The van der Waals surface area contributed by atoms with Gasteiger partial charge in [0.15, 0.2) is 5.82 Å². The van der Waals surface area contributed by atoms with Crippen LogP contribution in [0.5, 0.6) is 0 Å². The van der Waals surface area contributed by atoms with Crippen molar-refractivity contribution in [1.29, 1.82) is 0 Å². The Morgan fingerprint density at radius 2 is 2.05 bits per heavy atom. The lowest BCUT2D eigenvalue weighted by molar-refractivity contribution is 0.0375. The van der Waals surface area contributed by atoms with E-state index in [9.17, 15) is 13.6 Å². The molecule has 1 atom stereocenters. The molecular formula is C24H25F2N9O2. The highest BCUT2D eigenvalue weighted by atomic mass is 19.3. The molecule has 0 spiro atoms. The van der Waals surface area contributed by atoms with Crippen LogP contribution in [0, 0.1) is 6.92 Å². The summed E-state index contributed by atoms with van der Waals surface area (Å²) < 4.78 is 35.1. The van der Waals surface area contributed by atoms with Gasteiger partial charge in [-0.3, -0.25) is 9.48 Å². The van der Waals surface area contributed by atoms with E-state index in [1.807, 2.05) is 6.92 Å². The van der Waals surface area contributed by atoms with Gasteiger partial charge in [0, 0.05) is 39.2 Å². The van der Waals surface area contributed by atoms with Crippen molar-refractivity contribution in [2.45, 2.75) is 32.5 Å². The van der Waals surface area contributed by atoms with Gasteiger partial charge in [0.25, 0.3) is 12.3 Å². The first-order valence-electron chi connectivity index (χ1n) is 11.5. The molecule has 192 valence electrons. The summed E-state index contributed by atoms with van der Waals surface area (Å²) in [5.41, 5.74) is 1.92. The van der Waals surface area contributed by atoms with Gasteiger partial charge >= 0.3 is 0 Å². The number of hydrogen-bond acceptors (Lipinski definition) is 8. The number of hydrogen-bond donors (Lipinski definition) is 1. The molecule has 1 amide bonds. The fourth-order valence-electron chi connectivity index (χ4n) is 4.25. The fourth-order valence-corrected chi connectivity index (χ4v) is 4.25. The molecule has 1 aliphatic rings. The van der Waals surface area contributed by atoms with Crippen LogP contribution < -0.4 is 5.32 Å². The molecule has 0 fully saturated rings. The van der Waals surface area contributed by atoms with Crippen molar-refractivity contribution in [2.24, 2.45) is 7.05 Å². The van der Waals surface area contributed by atoms with E-state index in [4.69, 9.17) is 4.74 Å². The Morgan fingerprint density at radius 1 is 1.22 bits per heavy atom. The molecule has 11 nitrogen and oxygen atoms in total. The highest BCUT2D eigenvalue weighted by Gasteiger charge is 2.35. The first-order valence-corrected chi connectivity index (χ1v) is 11.5. The zero-order valence-electron chi connectivity index (χ0n) is 20.5. The summed E-state index contributed by atoms with van der Waals surface area (Å²) in [6.45, 7) is 2.60. The standard InChI is InChI=1S/C24H25F2N9O2/c1-14-9-27-24(31-19-7-8-28-33(19)2)32-20(14)18-12-34-11-16(13-37-3)35(23(36)22(34)30-18)10-15-5-4-6-17(29-15)21(25)26/h4-9,12,16,21H,10-11,13H2,1-3H3,(H,27,31,32)/t16-/m1/s1. The van der Waals surface area contributed by atoms with Crippen molar-refractivity contribution in [3.05, 3.63) is 65.6 Å². The Morgan fingerprint density at radius 3 is 2.78 bits per heavy atom. The van der Waals surface area contributed by atoms with E-state index >= 15 is 0 Å². The molecule has 37 heavy (non-hydrogen) atoms. The van der Waals surface area contributed by atoms with Gasteiger partial charge < -0.3 is 19.5 Å². The minimum atomic E-state index is -2.69. The van der Waals surface area contributed by atoms with Gasteiger partial charge in [-0.2, -0.15) is 5.10 Å². The highest BCUT2D eigenvalue weighted by molar-refractivity contribution is 5.92. The number of nitrogens with zero attached hydrogens (tertiary/aromatic N) is 8. The van der Waals surface area contributed by atoms with Crippen LogP contribution in [0.3, 0.4) is 0 Å². The minimum absolute atomic E-state index is 0.0565. The van der Waals surface area contributed by atoms with E-state index in [1.165, 1.54) is 12.1 Å². The van der Waals surface area contributed by atoms with E-state index < -0.39 is 6.43 Å². The van der Waals surface area contributed by atoms with Crippen LogP contribution in [0.2, 0.25) is 0 Å². The third kappa shape index (κ3) is 4.89. The molecule has 0 saturated carbocycles. The summed E-state index contributed by atoms with van der Waals surface area (Å²) in [5, 5.41) is 7.25. The van der Waals surface area contributed by atoms with Gasteiger partial charge in [-0.1, -0.05) is 6.07 Å². The summed E-state index contributed by atoms with van der Waals surface area (Å²) in [4.78, 5) is 32.7. The van der Waals surface area contributed by atoms with Crippen LogP contribution in [0.1, 0.15) is 34.0 Å². The maximum Gasteiger partial charge on any atom is 0.290 e. The zero-order valence-corrected chi connectivity index (χ0v) is 20.5. The molecule has 4 aromatic heterocycles. The summed E-state index contributed by atoms with van der Waals surface area (Å²) >= 11 is 0. The van der Waals surface area contributed by atoms with E-state index in [2.05, 4.69) is 30.4 Å². The molecule has 0 bridgehead atoms. The number of carbonyl (C=O) groups is 1. The lowest BCUT2D eigenvalue weighted by Gasteiger charge is -2.35. The molecule has 0 radical (unpaired) electrons. The highest BCUT2D eigenvalue weighted by Crippen LogP contribution is 2.27. The zero-order chi connectivity index (χ0) is 26.1. The first kappa shape index (κ1) is 24.4. The number of ether oxygens (including phenoxy) is 1. The van der Waals surface area contributed by atoms with Gasteiger partial charge in [-0.15, -0.1) is 0 Å². The van der Waals surface area contributed by atoms with Gasteiger partial charge in [0.05, 0.1) is 36.8 Å². The summed E-state index contributed by atoms with van der Waals surface area (Å²) in [7, 11) is 3.35. The van der Waals surface area contributed by atoms with Gasteiger partial charge in [-0.05, 0) is 24.6 Å². The Hall–Kier alpha value is -4.26. The number of halogens is 2. The Kier molecular flexibility index (Phi) is 6.61. The van der Waals surface area contributed by atoms with Gasteiger partial charge in [-0.25, -0.2) is 28.7 Å². The number of aryl methyl sites for hydroxylation is 2. The van der Waals surface area contributed by atoms with Crippen LogP contribution in [-0.2, 0) is 24.9 Å². The average Bonchev–Trinajstić information content (AvgIpc) is 3.49. The first-order chi connectivity index (χ1) is 17.8. The molecule has 0 saturated heterocycles. The average molecular weight is 510 g/mol. The number of carbonyl (C=O) groups excluding carboxylic acids is 1. The third-order valence-electron chi connectivity index (χ3n) is 6.10. The van der Waals surface area contributed by atoms with Crippen LogP contribution >= 0.6 is 0 Å². The Balaban J connectivity index is 1.45. The number of rotatable bonds is 8. The van der Waals surface area contributed by atoms with E-state index in [-0.39, 0.29) is 36.6 Å². The minimum Gasteiger partial charge on any atom is -0.382 e. The molecule has 0 unspecified atom stereocenters. The second-order valence-electron chi connectivity index (χ2n) is 8.69. The number of imidazole rings is 1. The van der Waals surface area contributed by atoms with Crippen LogP contribution in [0.4, 0.5) is 20.5 Å². The quantitative estimate of drug-likeness (QED) is 0.385. The maximum atomic E-state index is 13.5. The molecule has 5 heterocycles. The molecule has 0 aliphatic carbocycles. The van der Waals surface area contributed by atoms with E-state index in [0.717, 1.165) is 11.4 Å².